The molecule has 2 fully saturated rings. The van der Waals surface area contributed by atoms with Crippen LogP contribution in [-0.4, -0.2) is 147 Å². The summed E-state index contributed by atoms with van der Waals surface area (Å²) in [6.07, 6.45) is -14.9. The molecule has 2 aliphatic heterocycles. The first-order valence-corrected chi connectivity index (χ1v) is 15.4. The van der Waals surface area contributed by atoms with Gasteiger partial charge in [-0.25, -0.2) is 4.79 Å². The van der Waals surface area contributed by atoms with Gasteiger partial charge in [0.15, 0.2) is 12.4 Å². The lowest BCUT2D eigenvalue weighted by molar-refractivity contribution is -0.346. The quantitative estimate of drug-likeness (QED) is 0.0915. The van der Waals surface area contributed by atoms with Crippen LogP contribution in [0.3, 0.4) is 0 Å². The molecule has 262 valence electrons. The van der Waals surface area contributed by atoms with E-state index in [-0.39, 0.29) is 19.4 Å². The highest BCUT2D eigenvalue weighted by Crippen LogP contribution is 2.38. The Bertz CT molecular complexity index is 968. The summed E-state index contributed by atoms with van der Waals surface area (Å²) < 4.78 is 29.6. The highest BCUT2D eigenvalue weighted by Gasteiger charge is 2.57. The van der Waals surface area contributed by atoms with Gasteiger partial charge < -0.3 is 65.0 Å². The Balaban J connectivity index is 2.48. The number of aliphatic hydroxyl groups excluding tert-OH is 5. The third-order valence-electron chi connectivity index (χ3n) is 9.19. The highest BCUT2D eigenvalue weighted by atomic mass is 16.7. The van der Waals surface area contributed by atoms with Gasteiger partial charge in [0.05, 0.1) is 23.9 Å². The van der Waals surface area contributed by atoms with Gasteiger partial charge >= 0.3 is 5.97 Å². The lowest BCUT2D eigenvalue weighted by Crippen LogP contribution is -2.72. The summed E-state index contributed by atoms with van der Waals surface area (Å²) in [4.78, 5) is 36.2. The number of carbonyl (C=O) groups excluding carboxylic acids is 2. The lowest BCUT2D eigenvalue weighted by Gasteiger charge is -2.52. The second-order valence-electron chi connectivity index (χ2n) is 11.6. The van der Waals surface area contributed by atoms with Gasteiger partial charge in [-0.05, 0) is 25.7 Å². The molecule has 11 atom stereocenters. The van der Waals surface area contributed by atoms with Crippen LogP contribution in [0.2, 0.25) is 0 Å². The van der Waals surface area contributed by atoms with Crippen molar-refractivity contribution in [1.29, 1.82) is 0 Å². The third kappa shape index (κ3) is 8.49. The topological polar surface area (TPSA) is 243 Å². The second kappa shape index (κ2) is 16.7. The SMILES string of the molecule is CCC(CC)(OC)C1OC(CO)C(O)C(OC2OC(C(=O)O)C(OC(CC)(CC)[C@H](O)CNC(C)=O)C(O)C2O)C1NC(C)=O. The molecule has 16 nitrogen and oxygen atoms in total. The molecular formula is C29H52N2O14. The van der Waals surface area contributed by atoms with Crippen LogP contribution in [0.4, 0.5) is 0 Å². The molecule has 8 N–H and O–H groups in total. The van der Waals surface area contributed by atoms with Crippen LogP contribution >= 0.6 is 0 Å². The van der Waals surface area contributed by atoms with Crippen LogP contribution in [0.25, 0.3) is 0 Å². The van der Waals surface area contributed by atoms with Gasteiger partial charge in [0.25, 0.3) is 0 Å². The smallest absolute Gasteiger partial charge is 0.335 e. The van der Waals surface area contributed by atoms with Crippen molar-refractivity contribution in [3.05, 3.63) is 0 Å². The number of hydrogen-bond acceptors (Lipinski definition) is 13. The van der Waals surface area contributed by atoms with E-state index >= 15 is 0 Å². The van der Waals surface area contributed by atoms with E-state index in [0.29, 0.717) is 12.8 Å². The van der Waals surface area contributed by atoms with Crippen molar-refractivity contribution in [2.75, 3.05) is 20.3 Å². The molecule has 45 heavy (non-hydrogen) atoms. The summed E-state index contributed by atoms with van der Waals surface area (Å²) in [7, 11) is 1.46. The number of carboxylic acid groups (broad SMARTS) is 1. The maximum atomic E-state index is 12.4. The third-order valence-corrected chi connectivity index (χ3v) is 9.19. The minimum atomic E-state index is -1.94. The van der Waals surface area contributed by atoms with Crippen LogP contribution in [-0.2, 0) is 38.1 Å². The molecule has 2 rings (SSSR count). The van der Waals surface area contributed by atoms with Gasteiger partial charge in [0, 0.05) is 27.5 Å². The van der Waals surface area contributed by atoms with Gasteiger partial charge in [-0.15, -0.1) is 0 Å². The molecule has 0 spiro atoms. The zero-order valence-electron chi connectivity index (χ0n) is 27.0. The molecule has 0 radical (unpaired) electrons. The minimum absolute atomic E-state index is 0.141. The summed E-state index contributed by atoms with van der Waals surface area (Å²) >= 11 is 0. The number of amides is 2. The summed E-state index contributed by atoms with van der Waals surface area (Å²) in [6, 6.07) is -1.14. The van der Waals surface area contributed by atoms with Crippen LogP contribution in [0.15, 0.2) is 0 Å². The van der Waals surface area contributed by atoms with E-state index in [1.165, 1.54) is 21.0 Å². The average Bonchev–Trinajstić information content (AvgIpc) is 3.00. The van der Waals surface area contributed by atoms with E-state index in [1.54, 1.807) is 13.8 Å². The molecule has 2 aliphatic rings. The molecule has 0 aliphatic carbocycles. The molecule has 0 bridgehead atoms. The van der Waals surface area contributed by atoms with E-state index in [4.69, 9.17) is 23.7 Å². The monoisotopic (exact) mass is 652 g/mol. The predicted molar refractivity (Wildman–Crippen MR) is 156 cm³/mol. The molecule has 0 saturated carbocycles. The maximum absolute atomic E-state index is 12.4. The molecule has 0 aromatic rings. The Labute approximate surface area is 263 Å². The van der Waals surface area contributed by atoms with Gasteiger partial charge in [-0.1, -0.05) is 27.7 Å². The molecule has 0 aromatic carbocycles. The molecule has 2 amide bonds. The van der Waals surface area contributed by atoms with E-state index in [2.05, 4.69) is 10.6 Å². The number of rotatable bonds is 16. The van der Waals surface area contributed by atoms with E-state index in [0.717, 1.165) is 0 Å². The van der Waals surface area contributed by atoms with Crippen LogP contribution < -0.4 is 10.6 Å². The number of hydrogen-bond donors (Lipinski definition) is 8. The molecule has 2 heterocycles. The zero-order valence-corrected chi connectivity index (χ0v) is 27.0. The Morgan fingerprint density at radius 1 is 0.889 bits per heavy atom. The molecule has 10 unspecified atom stereocenters. The highest BCUT2D eigenvalue weighted by molar-refractivity contribution is 5.74. The summed E-state index contributed by atoms with van der Waals surface area (Å²) in [5, 5.41) is 69.8. The molecule has 16 heteroatoms. The fourth-order valence-electron chi connectivity index (χ4n) is 6.27. The Morgan fingerprint density at radius 2 is 1.49 bits per heavy atom. The predicted octanol–water partition coefficient (Wildman–Crippen LogP) is -1.83. The lowest BCUT2D eigenvalue weighted by atomic mass is 9.79. The number of carbonyl (C=O) groups is 3. The molecular weight excluding hydrogens is 600 g/mol. The summed E-state index contributed by atoms with van der Waals surface area (Å²) in [5.41, 5.74) is -2.46. The van der Waals surface area contributed by atoms with Crippen molar-refractivity contribution < 1.29 is 68.7 Å². The van der Waals surface area contributed by atoms with Gasteiger partial charge in [-0.2, -0.15) is 0 Å². The molecule has 0 aromatic heterocycles. The maximum Gasteiger partial charge on any atom is 0.335 e. The van der Waals surface area contributed by atoms with E-state index < -0.39 is 103 Å². The first-order chi connectivity index (χ1) is 21.1. The van der Waals surface area contributed by atoms with Gasteiger partial charge in [-0.3, -0.25) is 9.59 Å². The van der Waals surface area contributed by atoms with Crippen LogP contribution in [0, 0.1) is 0 Å². The number of aliphatic hydroxyl groups is 5. The minimum Gasteiger partial charge on any atom is -0.479 e. The van der Waals surface area contributed by atoms with Crippen molar-refractivity contribution in [3.63, 3.8) is 0 Å². The standard InChI is InChI=1S/C29H52N2O14/c1-8-28(9-2,17(35)12-30-14(5)33)45-23-20(37)21(38)27(44-24(23)26(39)40)43-22-18(31-15(6)34)25(29(10-3,11-4)41-7)42-16(13-32)19(22)36/h16-25,27,32,35-38H,8-13H2,1-7H3,(H,30,33)(H,31,34)(H,39,40)/t16?,17-,18?,19?,20?,21?,22?,23?,24?,25?,27?/m1/s1. The number of nitrogens with one attached hydrogen (secondary N) is 2. The Morgan fingerprint density at radius 3 is 1.93 bits per heavy atom. The first-order valence-electron chi connectivity index (χ1n) is 15.4. The largest absolute Gasteiger partial charge is 0.479 e. The Kier molecular flexibility index (Phi) is 14.6. The number of aliphatic carboxylic acids is 1. The van der Waals surface area contributed by atoms with Crippen molar-refractivity contribution in [2.24, 2.45) is 0 Å². The zero-order chi connectivity index (χ0) is 34.3. The van der Waals surface area contributed by atoms with Gasteiger partial charge in [0.1, 0.15) is 48.8 Å². The average molecular weight is 653 g/mol. The van der Waals surface area contributed by atoms with Crippen molar-refractivity contribution >= 4 is 17.8 Å². The second-order valence-corrected chi connectivity index (χ2v) is 11.6. The van der Waals surface area contributed by atoms with Crippen molar-refractivity contribution in [2.45, 2.75) is 146 Å². The number of methoxy groups -OCH3 is 1. The fraction of sp³-hybridized carbons (Fsp3) is 0.897. The van der Waals surface area contributed by atoms with E-state index in [9.17, 15) is 45.0 Å². The number of carboxylic acids is 1. The van der Waals surface area contributed by atoms with Crippen LogP contribution in [0.1, 0.15) is 67.2 Å². The fourth-order valence-corrected chi connectivity index (χ4v) is 6.27. The molecule has 2 saturated heterocycles. The number of ether oxygens (including phenoxy) is 5. The van der Waals surface area contributed by atoms with Crippen molar-refractivity contribution in [3.8, 4) is 0 Å². The normalized spacial score (nSPS) is 33.3. The summed E-state index contributed by atoms with van der Waals surface area (Å²) in [6.45, 7) is 8.63. The van der Waals surface area contributed by atoms with Crippen molar-refractivity contribution in [1.82, 2.24) is 10.6 Å². The summed E-state index contributed by atoms with van der Waals surface area (Å²) in [5.74, 6) is -2.51. The first kappa shape index (κ1) is 39.2. The van der Waals surface area contributed by atoms with E-state index in [1.807, 2.05) is 13.8 Å². The van der Waals surface area contributed by atoms with Crippen LogP contribution in [0.5, 0.6) is 0 Å². The Hall–Kier alpha value is -1.99. The van der Waals surface area contributed by atoms with Gasteiger partial charge in [0.2, 0.25) is 11.8 Å².